The Kier molecular flexibility index (Phi) is 4.04. The van der Waals surface area contributed by atoms with Crippen LogP contribution in [0.5, 0.6) is 5.75 Å². The summed E-state index contributed by atoms with van der Waals surface area (Å²) in [5, 5.41) is 0. The van der Waals surface area contributed by atoms with Crippen molar-refractivity contribution in [2.75, 3.05) is 17.6 Å². The Morgan fingerprint density at radius 2 is 1.90 bits per heavy atom. The summed E-state index contributed by atoms with van der Waals surface area (Å²) >= 11 is 0. The SMILES string of the molecule is COc1ccc(S(=O)(=O)Nc2cc(C)ccc2F)c(N)c1. The van der Waals surface area contributed by atoms with Gasteiger partial charge in [-0.1, -0.05) is 6.07 Å². The third-order valence-corrected chi connectivity index (χ3v) is 4.31. The van der Waals surface area contributed by atoms with Crippen molar-refractivity contribution in [3.63, 3.8) is 0 Å². The van der Waals surface area contributed by atoms with E-state index in [0.29, 0.717) is 5.75 Å². The summed E-state index contributed by atoms with van der Waals surface area (Å²) in [6.45, 7) is 1.74. The second-order valence-corrected chi connectivity index (χ2v) is 6.14. The third kappa shape index (κ3) is 3.25. The molecule has 0 aliphatic rings. The Bertz CT molecular complexity index is 776. The Morgan fingerprint density at radius 1 is 1.19 bits per heavy atom. The average molecular weight is 310 g/mol. The molecule has 0 amide bonds. The minimum absolute atomic E-state index is 0.0231. The Morgan fingerprint density at radius 3 is 2.52 bits per heavy atom. The number of nitrogen functional groups attached to an aromatic ring is 1. The number of ether oxygens (including phenoxy) is 1. The van der Waals surface area contributed by atoms with Gasteiger partial charge >= 0.3 is 0 Å². The molecule has 2 aromatic rings. The smallest absolute Gasteiger partial charge is 0.264 e. The number of sulfonamides is 1. The molecule has 2 rings (SSSR count). The molecule has 0 fully saturated rings. The summed E-state index contributed by atoms with van der Waals surface area (Å²) in [5.41, 5.74) is 6.35. The van der Waals surface area contributed by atoms with Crippen molar-refractivity contribution in [3.05, 3.63) is 47.8 Å². The highest BCUT2D eigenvalue weighted by Gasteiger charge is 2.19. The molecule has 0 aliphatic heterocycles. The maximum absolute atomic E-state index is 13.7. The van der Waals surface area contributed by atoms with Crippen LogP contribution in [-0.2, 0) is 10.0 Å². The number of nitrogens with one attached hydrogen (secondary N) is 1. The maximum Gasteiger partial charge on any atom is 0.264 e. The zero-order valence-electron chi connectivity index (χ0n) is 11.6. The van der Waals surface area contributed by atoms with Crippen molar-refractivity contribution in [1.29, 1.82) is 0 Å². The number of nitrogens with two attached hydrogens (primary N) is 1. The number of benzene rings is 2. The maximum atomic E-state index is 13.7. The minimum atomic E-state index is -3.98. The highest BCUT2D eigenvalue weighted by Crippen LogP contribution is 2.26. The summed E-state index contributed by atoms with van der Waals surface area (Å²) in [5.74, 6) is -0.218. The fraction of sp³-hybridized carbons (Fsp3) is 0.143. The lowest BCUT2D eigenvalue weighted by atomic mass is 10.2. The van der Waals surface area contributed by atoms with Gasteiger partial charge in [-0.25, -0.2) is 12.8 Å². The zero-order chi connectivity index (χ0) is 15.6. The second-order valence-electron chi connectivity index (χ2n) is 4.49. The molecule has 0 saturated heterocycles. The zero-order valence-corrected chi connectivity index (χ0v) is 12.4. The lowest BCUT2D eigenvalue weighted by molar-refractivity contribution is 0.414. The van der Waals surface area contributed by atoms with Crippen LogP contribution in [0.25, 0.3) is 0 Å². The molecule has 7 heteroatoms. The molecule has 3 N–H and O–H groups in total. The van der Waals surface area contributed by atoms with Crippen molar-refractivity contribution < 1.29 is 17.5 Å². The largest absolute Gasteiger partial charge is 0.497 e. The number of rotatable bonds is 4. The molecule has 112 valence electrons. The molecule has 0 saturated carbocycles. The molecule has 0 atom stereocenters. The van der Waals surface area contributed by atoms with Crippen LogP contribution in [0.15, 0.2) is 41.3 Å². The molecule has 0 spiro atoms. The van der Waals surface area contributed by atoms with Gasteiger partial charge in [0.15, 0.2) is 0 Å². The van der Waals surface area contributed by atoms with Gasteiger partial charge in [-0.3, -0.25) is 4.72 Å². The summed E-state index contributed by atoms with van der Waals surface area (Å²) < 4.78 is 45.4. The first-order valence-corrected chi connectivity index (χ1v) is 7.54. The first-order chi connectivity index (χ1) is 9.83. The third-order valence-electron chi connectivity index (χ3n) is 2.87. The molecule has 5 nitrogen and oxygen atoms in total. The van der Waals surface area contributed by atoms with E-state index in [1.54, 1.807) is 13.0 Å². The van der Waals surface area contributed by atoms with Crippen LogP contribution >= 0.6 is 0 Å². The van der Waals surface area contributed by atoms with Gasteiger partial charge in [-0.2, -0.15) is 0 Å². The normalized spacial score (nSPS) is 11.2. The van der Waals surface area contributed by atoms with Crippen molar-refractivity contribution in [2.45, 2.75) is 11.8 Å². The summed E-state index contributed by atoms with van der Waals surface area (Å²) in [6.07, 6.45) is 0. The Labute approximate surface area is 122 Å². The van der Waals surface area contributed by atoms with E-state index in [-0.39, 0.29) is 16.3 Å². The average Bonchev–Trinajstić information content (AvgIpc) is 2.42. The summed E-state index contributed by atoms with van der Waals surface area (Å²) in [4.78, 5) is -0.135. The van der Waals surface area contributed by atoms with Crippen molar-refractivity contribution in [2.24, 2.45) is 0 Å². The van der Waals surface area contributed by atoms with Gasteiger partial charge in [0, 0.05) is 6.07 Å². The van der Waals surface area contributed by atoms with E-state index >= 15 is 0 Å². The number of aryl methyl sites for hydroxylation is 1. The van der Waals surface area contributed by atoms with Gasteiger partial charge in [-0.05, 0) is 36.8 Å². The van der Waals surface area contributed by atoms with E-state index in [1.165, 1.54) is 37.4 Å². The predicted octanol–water partition coefficient (Wildman–Crippen LogP) is 2.53. The van der Waals surface area contributed by atoms with Crippen LogP contribution in [-0.4, -0.2) is 15.5 Å². The van der Waals surface area contributed by atoms with E-state index in [4.69, 9.17) is 10.5 Å². The van der Waals surface area contributed by atoms with Crippen LogP contribution in [0.1, 0.15) is 5.56 Å². The second kappa shape index (κ2) is 5.61. The molecular weight excluding hydrogens is 295 g/mol. The minimum Gasteiger partial charge on any atom is -0.497 e. The highest BCUT2D eigenvalue weighted by atomic mass is 32.2. The highest BCUT2D eigenvalue weighted by molar-refractivity contribution is 7.92. The van der Waals surface area contributed by atoms with Crippen LogP contribution < -0.4 is 15.2 Å². The first-order valence-electron chi connectivity index (χ1n) is 6.06. The van der Waals surface area contributed by atoms with Crippen LogP contribution in [0.3, 0.4) is 0 Å². The molecule has 0 bridgehead atoms. The van der Waals surface area contributed by atoms with Crippen molar-refractivity contribution in [1.82, 2.24) is 0 Å². The Hall–Kier alpha value is -2.28. The standard InChI is InChI=1S/C14H15FN2O3S/c1-9-3-5-11(15)13(7-9)17-21(18,19)14-6-4-10(20-2)8-12(14)16/h3-8,17H,16H2,1-2H3. The fourth-order valence-electron chi connectivity index (χ4n) is 1.82. The van der Waals surface area contributed by atoms with Crippen molar-refractivity contribution >= 4 is 21.4 Å². The molecule has 0 aromatic heterocycles. The van der Waals surface area contributed by atoms with Crippen LogP contribution in [0.2, 0.25) is 0 Å². The topological polar surface area (TPSA) is 81.4 Å². The van der Waals surface area contributed by atoms with Gasteiger partial charge in [0.1, 0.15) is 16.5 Å². The van der Waals surface area contributed by atoms with Gasteiger partial charge in [0.25, 0.3) is 10.0 Å². The molecular formula is C14H15FN2O3S. The number of hydrogen-bond donors (Lipinski definition) is 2. The first kappa shape index (κ1) is 15.1. The monoisotopic (exact) mass is 310 g/mol. The summed E-state index contributed by atoms with van der Waals surface area (Å²) in [7, 11) is -2.53. The van der Waals surface area contributed by atoms with E-state index < -0.39 is 15.8 Å². The summed E-state index contributed by atoms with van der Waals surface area (Å²) in [6, 6.07) is 8.33. The van der Waals surface area contributed by atoms with Gasteiger partial charge in [0.2, 0.25) is 0 Å². The van der Waals surface area contributed by atoms with Gasteiger partial charge in [-0.15, -0.1) is 0 Å². The number of methoxy groups -OCH3 is 1. The van der Waals surface area contributed by atoms with Crippen molar-refractivity contribution in [3.8, 4) is 5.75 Å². The lowest BCUT2D eigenvalue weighted by Gasteiger charge is -2.12. The molecule has 0 aliphatic carbocycles. The van der Waals surface area contributed by atoms with Crippen LogP contribution in [0, 0.1) is 12.7 Å². The predicted molar refractivity (Wildman–Crippen MR) is 79.4 cm³/mol. The molecule has 2 aromatic carbocycles. The number of hydrogen-bond acceptors (Lipinski definition) is 4. The number of halogens is 1. The van der Waals surface area contributed by atoms with E-state index in [9.17, 15) is 12.8 Å². The molecule has 21 heavy (non-hydrogen) atoms. The molecule has 0 radical (unpaired) electrons. The quantitative estimate of drug-likeness (QED) is 0.850. The number of anilines is 2. The molecule has 0 heterocycles. The fourth-order valence-corrected chi connectivity index (χ4v) is 2.99. The van der Waals surface area contributed by atoms with Gasteiger partial charge in [0.05, 0.1) is 18.5 Å². The van der Waals surface area contributed by atoms with Gasteiger partial charge < -0.3 is 10.5 Å². The Balaban J connectivity index is 2.41. The lowest BCUT2D eigenvalue weighted by Crippen LogP contribution is -2.15. The van der Waals surface area contributed by atoms with E-state index in [1.807, 2.05) is 0 Å². The molecule has 0 unspecified atom stereocenters. The van der Waals surface area contributed by atoms with E-state index in [0.717, 1.165) is 5.56 Å². The van der Waals surface area contributed by atoms with E-state index in [2.05, 4.69) is 4.72 Å². The van der Waals surface area contributed by atoms with Crippen LogP contribution in [0.4, 0.5) is 15.8 Å².